The van der Waals surface area contributed by atoms with Gasteiger partial charge in [0.15, 0.2) is 0 Å². The van der Waals surface area contributed by atoms with Crippen LogP contribution < -0.4 is 4.90 Å². The van der Waals surface area contributed by atoms with Crippen molar-refractivity contribution in [2.24, 2.45) is 5.92 Å². The van der Waals surface area contributed by atoms with Crippen molar-refractivity contribution in [2.45, 2.75) is 33.2 Å². The fourth-order valence-electron chi connectivity index (χ4n) is 4.23. The zero-order valence-corrected chi connectivity index (χ0v) is 17.4. The molecule has 0 amide bonds. The predicted molar refractivity (Wildman–Crippen MR) is 115 cm³/mol. The molecule has 5 rings (SSSR count). The van der Waals surface area contributed by atoms with Gasteiger partial charge in [-0.2, -0.15) is 10.2 Å². The molecule has 7 heteroatoms. The van der Waals surface area contributed by atoms with Crippen molar-refractivity contribution in [1.82, 2.24) is 25.0 Å². The molecule has 29 heavy (non-hydrogen) atoms. The molecule has 0 unspecified atom stereocenters. The van der Waals surface area contributed by atoms with E-state index in [0.29, 0.717) is 5.92 Å². The highest BCUT2D eigenvalue weighted by Crippen LogP contribution is 2.42. The van der Waals surface area contributed by atoms with Crippen LogP contribution in [-0.2, 0) is 0 Å². The van der Waals surface area contributed by atoms with Crippen LogP contribution in [0.1, 0.15) is 36.3 Å². The zero-order valence-electron chi connectivity index (χ0n) is 16.6. The second kappa shape index (κ2) is 6.88. The molecule has 0 aliphatic carbocycles. The normalized spacial score (nSPS) is 19.4. The number of H-pyrrole nitrogens is 1. The van der Waals surface area contributed by atoms with Crippen LogP contribution in [0.25, 0.3) is 16.7 Å². The lowest BCUT2D eigenvalue weighted by Gasteiger charge is -2.29. The fourth-order valence-corrected chi connectivity index (χ4v) is 4.38. The Labute approximate surface area is 174 Å². The summed E-state index contributed by atoms with van der Waals surface area (Å²) in [7, 11) is 0. The molecule has 0 saturated carbocycles. The number of hydrogen-bond donors (Lipinski definition) is 1. The molecule has 3 heterocycles. The summed E-state index contributed by atoms with van der Waals surface area (Å²) in [6.45, 7) is 7.31. The number of rotatable bonds is 3. The molecule has 1 aliphatic rings. The minimum absolute atomic E-state index is 0.131. The summed E-state index contributed by atoms with van der Waals surface area (Å²) in [5.74, 6) is 1.42. The van der Waals surface area contributed by atoms with Gasteiger partial charge in [-0.3, -0.25) is 0 Å². The van der Waals surface area contributed by atoms with Gasteiger partial charge in [-0.25, -0.2) is 4.98 Å². The van der Waals surface area contributed by atoms with Crippen LogP contribution in [0.4, 0.5) is 5.69 Å². The fraction of sp³-hybridized carbons (Fsp3) is 0.318. The van der Waals surface area contributed by atoms with Crippen LogP contribution in [0.3, 0.4) is 0 Å². The molecule has 1 fully saturated rings. The van der Waals surface area contributed by atoms with Crippen molar-refractivity contribution in [2.75, 3.05) is 11.4 Å². The molecular formula is C22H22ClN6. The highest BCUT2D eigenvalue weighted by molar-refractivity contribution is 6.32. The molecule has 2 atom stereocenters. The Morgan fingerprint density at radius 1 is 1.17 bits per heavy atom. The summed E-state index contributed by atoms with van der Waals surface area (Å²) in [5.41, 5.74) is 6.05. The van der Waals surface area contributed by atoms with E-state index in [0.717, 1.165) is 57.3 Å². The number of nitrogens with zero attached hydrogens (tertiary/aromatic N) is 5. The lowest BCUT2D eigenvalue weighted by molar-refractivity contribution is 0.513. The Morgan fingerprint density at radius 2 is 1.97 bits per heavy atom. The first kappa shape index (κ1) is 18.2. The molecule has 1 saturated heterocycles. The number of halogens is 1. The van der Waals surface area contributed by atoms with Crippen molar-refractivity contribution < 1.29 is 0 Å². The number of benzene rings is 2. The number of imidazole rings is 1. The number of anilines is 1. The van der Waals surface area contributed by atoms with Gasteiger partial charge in [0.25, 0.3) is 0 Å². The van der Waals surface area contributed by atoms with E-state index in [4.69, 9.17) is 16.6 Å². The second-order valence-corrected chi connectivity index (χ2v) is 8.28. The van der Waals surface area contributed by atoms with Gasteiger partial charge in [0.05, 0.1) is 35.2 Å². The van der Waals surface area contributed by atoms with Crippen molar-refractivity contribution >= 4 is 28.3 Å². The van der Waals surface area contributed by atoms with E-state index in [1.807, 2.05) is 19.1 Å². The SMILES string of the molecule is Cc1c[c]c(-n2nccn2)c(N2CC[C@H](C)[C@H]2c2nc3cc(Cl)c(C)cc3[nH]2)c1. The monoisotopic (exact) mass is 405 g/mol. The molecule has 2 aromatic carbocycles. The Balaban J connectivity index is 1.62. The number of aromatic nitrogens is 5. The number of fused-ring (bicyclic) bond motifs is 1. The molecule has 1 radical (unpaired) electrons. The Kier molecular flexibility index (Phi) is 4.32. The van der Waals surface area contributed by atoms with Crippen LogP contribution in [0.5, 0.6) is 0 Å². The standard InChI is InChI=1S/C22H22ClN6/c1-13-4-5-19(29-24-7-8-25-29)20(10-13)28-9-6-14(2)21(28)22-26-17-11-15(3)16(23)12-18(17)27-22/h4,7-8,10-12,14,21H,6,9H2,1-3H3,(H,26,27)/t14-,21-/m0/s1. The van der Waals surface area contributed by atoms with Gasteiger partial charge in [-0.1, -0.05) is 18.5 Å². The summed E-state index contributed by atoms with van der Waals surface area (Å²) in [6, 6.07) is 11.7. The van der Waals surface area contributed by atoms with E-state index in [9.17, 15) is 0 Å². The number of aryl methyl sites for hydroxylation is 2. The van der Waals surface area contributed by atoms with Crippen LogP contribution in [0.2, 0.25) is 5.02 Å². The minimum Gasteiger partial charge on any atom is -0.359 e. The van der Waals surface area contributed by atoms with E-state index in [2.05, 4.69) is 52.1 Å². The van der Waals surface area contributed by atoms with Gasteiger partial charge in [0.2, 0.25) is 0 Å². The number of aromatic amines is 1. The average Bonchev–Trinajstić information content (AvgIpc) is 3.42. The third-order valence-corrected chi connectivity index (χ3v) is 6.14. The van der Waals surface area contributed by atoms with Gasteiger partial charge in [-0.15, -0.1) is 4.80 Å². The van der Waals surface area contributed by atoms with Crippen LogP contribution in [0.15, 0.2) is 36.7 Å². The lowest BCUT2D eigenvalue weighted by atomic mass is 10.0. The van der Waals surface area contributed by atoms with Crippen molar-refractivity contribution in [3.8, 4) is 5.69 Å². The summed E-state index contributed by atoms with van der Waals surface area (Å²) >= 11 is 6.32. The van der Waals surface area contributed by atoms with Crippen molar-refractivity contribution in [3.63, 3.8) is 0 Å². The maximum Gasteiger partial charge on any atom is 0.130 e. The van der Waals surface area contributed by atoms with Gasteiger partial charge in [0.1, 0.15) is 11.5 Å². The van der Waals surface area contributed by atoms with Gasteiger partial charge in [0, 0.05) is 17.6 Å². The average molecular weight is 406 g/mol. The topological polar surface area (TPSA) is 62.6 Å². The largest absolute Gasteiger partial charge is 0.359 e. The van der Waals surface area contributed by atoms with Crippen LogP contribution in [0, 0.1) is 25.8 Å². The van der Waals surface area contributed by atoms with Crippen molar-refractivity contribution in [3.05, 3.63) is 64.7 Å². The molecule has 1 aliphatic heterocycles. The number of hydrogen-bond acceptors (Lipinski definition) is 4. The molecule has 4 aromatic rings. The van der Waals surface area contributed by atoms with E-state index in [1.165, 1.54) is 0 Å². The molecular weight excluding hydrogens is 384 g/mol. The smallest absolute Gasteiger partial charge is 0.130 e. The summed E-state index contributed by atoms with van der Waals surface area (Å²) in [6.07, 6.45) is 4.46. The van der Waals surface area contributed by atoms with E-state index < -0.39 is 0 Å². The highest BCUT2D eigenvalue weighted by Gasteiger charge is 2.36. The summed E-state index contributed by atoms with van der Waals surface area (Å²) < 4.78 is 0. The molecule has 147 valence electrons. The summed E-state index contributed by atoms with van der Waals surface area (Å²) in [4.78, 5) is 12.5. The Morgan fingerprint density at radius 3 is 2.76 bits per heavy atom. The van der Waals surface area contributed by atoms with Crippen LogP contribution >= 0.6 is 11.6 Å². The first-order valence-electron chi connectivity index (χ1n) is 9.82. The van der Waals surface area contributed by atoms with Crippen LogP contribution in [-0.4, -0.2) is 31.5 Å². The molecule has 0 spiro atoms. The zero-order chi connectivity index (χ0) is 20.1. The van der Waals surface area contributed by atoms with E-state index in [1.54, 1.807) is 17.2 Å². The Bertz CT molecular complexity index is 1140. The molecule has 1 N–H and O–H groups in total. The first-order chi connectivity index (χ1) is 14.0. The third kappa shape index (κ3) is 3.08. The van der Waals surface area contributed by atoms with E-state index in [-0.39, 0.29) is 6.04 Å². The maximum absolute atomic E-state index is 6.32. The molecule has 0 bridgehead atoms. The highest BCUT2D eigenvalue weighted by atomic mass is 35.5. The van der Waals surface area contributed by atoms with Gasteiger partial charge >= 0.3 is 0 Å². The third-order valence-electron chi connectivity index (χ3n) is 5.73. The predicted octanol–water partition coefficient (Wildman–Crippen LogP) is 4.80. The van der Waals surface area contributed by atoms with Crippen molar-refractivity contribution in [1.29, 1.82) is 0 Å². The molecule has 6 nitrogen and oxygen atoms in total. The summed E-state index contributed by atoms with van der Waals surface area (Å²) in [5, 5.41) is 9.40. The molecule has 2 aromatic heterocycles. The maximum atomic E-state index is 6.32. The second-order valence-electron chi connectivity index (χ2n) is 7.87. The lowest BCUT2D eigenvalue weighted by Crippen LogP contribution is -2.27. The number of nitrogens with one attached hydrogen (secondary N) is 1. The first-order valence-corrected chi connectivity index (χ1v) is 10.2. The van der Waals surface area contributed by atoms with Gasteiger partial charge in [-0.05, 0) is 61.6 Å². The minimum atomic E-state index is 0.131. The van der Waals surface area contributed by atoms with Gasteiger partial charge < -0.3 is 9.88 Å². The van der Waals surface area contributed by atoms with E-state index >= 15 is 0 Å². The Hall–Kier alpha value is -2.86. The quantitative estimate of drug-likeness (QED) is 0.531.